The summed E-state index contributed by atoms with van der Waals surface area (Å²) in [5, 5.41) is 14.3. The van der Waals surface area contributed by atoms with Gasteiger partial charge in [0.05, 0.1) is 18.8 Å². The van der Waals surface area contributed by atoms with Gasteiger partial charge in [0, 0.05) is 41.8 Å². The molecule has 4 rings (SSSR count). The molecule has 1 saturated heterocycles. The Kier molecular flexibility index (Phi) is 4.23. The monoisotopic (exact) mass is 356 g/mol. The Morgan fingerprint density at radius 1 is 1.46 bits per heavy atom. The fraction of sp³-hybridized carbons (Fsp3) is 0.500. The highest BCUT2D eigenvalue weighted by molar-refractivity contribution is 5.83. The molecule has 1 aliphatic carbocycles. The van der Waals surface area contributed by atoms with Crippen molar-refractivity contribution in [2.24, 2.45) is 11.3 Å². The molecule has 1 aromatic heterocycles. The van der Waals surface area contributed by atoms with Gasteiger partial charge in [-0.05, 0) is 38.5 Å². The van der Waals surface area contributed by atoms with E-state index >= 15 is 0 Å². The number of fused-ring (bicyclic) bond motifs is 1. The highest BCUT2D eigenvalue weighted by atomic mass is 16.5. The van der Waals surface area contributed by atoms with Crippen molar-refractivity contribution in [1.82, 2.24) is 9.78 Å². The van der Waals surface area contributed by atoms with Crippen LogP contribution in [0.2, 0.25) is 0 Å². The normalized spacial score (nSPS) is 27.2. The Morgan fingerprint density at radius 2 is 2.31 bits per heavy atom. The Bertz CT molecular complexity index is 816. The van der Waals surface area contributed by atoms with Gasteiger partial charge in [0.2, 0.25) is 0 Å². The summed E-state index contributed by atoms with van der Waals surface area (Å²) in [6, 6.07) is 7.30. The number of phenolic OH excluding ortho intramolecular Hbond substituents is 1. The maximum atomic E-state index is 11.3. The van der Waals surface area contributed by atoms with Crippen LogP contribution in [0.5, 0.6) is 11.5 Å². The first-order valence-electron chi connectivity index (χ1n) is 9.09. The topological polar surface area (TPSA) is 73.6 Å². The highest BCUT2D eigenvalue weighted by Gasteiger charge is 2.67. The molecule has 1 aliphatic heterocycles. The summed E-state index contributed by atoms with van der Waals surface area (Å²) < 4.78 is 13.8. The third kappa shape index (κ3) is 2.60. The zero-order valence-corrected chi connectivity index (χ0v) is 15.1. The second-order valence-corrected chi connectivity index (χ2v) is 7.53. The largest absolute Gasteiger partial charge is 0.507 e. The van der Waals surface area contributed by atoms with Crippen molar-refractivity contribution in [3.05, 3.63) is 41.7 Å². The predicted octanol–water partition coefficient (Wildman–Crippen LogP) is 3.18. The summed E-state index contributed by atoms with van der Waals surface area (Å²) in [4.78, 5) is 11.3. The number of rotatable bonds is 6. The number of hydrogen-bond donors (Lipinski definition) is 1. The number of aromatic hydroxyl groups is 1. The van der Waals surface area contributed by atoms with Gasteiger partial charge in [0.15, 0.2) is 6.29 Å². The number of aldehydes is 1. The fourth-order valence-corrected chi connectivity index (χ4v) is 4.41. The van der Waals surface area contributed by atoms with E-state index in [2.05, 4.69) is 29.7 Å². The number of ether oxygens (including phenoxy) is 2. The van der Waals surface area contributed by atoms with Crippen LogP contribution < -0.4 is 4.74 Å². The van der Waals surface area contributed by atoms with Gasteiger partial charge in [-0.25, -0.2) is 0 Å². The van der Waals surface area contributed by atoms with Crippen molar-refractivity contribution in [2.45, 2.75) is 32.2 Å². The van der Waals surface area contributed by atoms with Crippen LogP contribution in [0, 0.1) is 11.3 Å². The highest BCUT2D eigenvalue weighted by Crippen LogP contribution is 2.68. The molecule has 1 N–H and O–H groups in total. The van der Waals surface area contributed by atoms with Gasteiger partial charge in [-0.3, -0.25) is 9.48 Å². The third-order valence-corrected chi connectivity index (χ3v) is 5.83. The van der Waals surface area contributed by atoms with Crippen LogP contribution in [0.4, 0.5) is 0 Å². The van der Waals surface area contributed by atoms with E-state index in [-0.39, 0.29) is 16.7 Å². The molecule has 2 fully saturated rings. The Balaban J connectivity index is 1.59. The molecule has 0 amide bonds. The van der Waals surface area contributed by atoms with Gasteiger partial charge >= 0.3 is 0 Å². The van der Waals surface area contributed by atoms with Gasteiger partial charge in [0.25, 0.3) is 0 Å². The van der Waals surface area contributed by atoms with Crippen LogP contribution in [-0.4, -0.2) is 41.0 Å². The molecule has 1 saturated carbocycles. The summed E-state index contributed by atoms with van der Waals surface area (Å²) in [7, 11) is 0. The van der Waals surface area contributed by atoms with Gasteiger partial charge in [-0.1, -0.05) is 6.07 Å². The molecule has 2 aromatic rings. The van der Waals surface area contributed by atoms with E-state index in [9.17, 15) is 9.90 Å². The van der Waals surface area contributed by atoms with Crippen molar-refractivity contribution < 1.29 is 19.4 Å². The van der Waals surface area contributed by atoms with E-state index in [0.717, 1.165) is 13.0 Å². The predicted molar refractivity (Wildman–Crippen MR) is 95.7 cm³/mol. The van der Waals surface area contributed by atoms with Crippen molar-refractivity contribution in [1.29, 1.82) is 0 Å². The minimum absolute atomic E-state index is 0.00343. The molecule has 2 aliphatic rings. The van der Waals surface area contributed by atoms with E-state index in [0.29, 0.717) is 43.1 Å². The molecule has 6 nitrogen and oxygen atoms in total. The first-order chi connectivity index (χ1) is 12.6. The molecular weight excluding hydrogens is 332 g/mol. The van der Waals surface area contributed by atoms with Gasteiger partial charge in [-0.15, -0.1) is 0 Å². The minimum atomic E-state index is -0.0521. The van der Waals surface area contributed by atoms with Crippen LogP contribution >= 0.6 is 0 Å². The number of benzene rings is 1. The maximum Gasteiger partial charge on any atom is 0.157 e. The second kappa shape index (κ2) is 6.43. The second-order valence-electron chi connectivity index (χ2n) is 7.53. The first-order valence-corrected chi connectivity index (χ1v) is 9.09. The average Bonchev–Trinajstić information content (AvgIpc) is 3.03. The molecule has 6 heteroatoms. The Morgan fingerprint density at radius 3 is 3.08 bits per heavy atom. The zero-order valence-electron chi connectivity index (χ0n) is 15.1. The van der Waals surface area contributed by atoms with E-state index < -0.39 is 0 Å². The molecule has 2 unspecified atom stereocenters. The van der Waals surface area contributed by atoms with E-state index in [4.69, 9.17) is 9.47 Å². The molecule has 3 atom stereocenters. The Labute approximate surface area is 152 Å². The summed E-state index contributed by atoms with van der Waals surface area (Å²) in [5.74, 6) is 1.11. The lowest BCUT2D eigenvalue weighted by atomic mass is 9.96. The molecule has 0 spiro atoms. The number of carbonyl (C=O) groups is 1. The van der Waals surface area contributed by atoms with Crippen molar-refractivity contribution >= 4 is 6.29 Å². The number of carbonyl (C=O) groups excluding carboxylic acids is 1. The van der Waals surface area contributed by atoms with Crippen LogP contribution in [0.25, 0.3) is 0 Å². The third-order valence-electron chi connectivity index (χ3n) is 5.83. The van der Waals surface area contributed by atoms with E-state index in [1.54, 1.807) is 12.1 Å². The lowest BCUT2D eigenvalue weighted by molar-refractivity contribution is 0.0436. The maximum absolute atomic E-state index is 11.3. The minimum Gasteiger partial charge on any atom is -0.507 e. The summed E-state index contributed by atoms with van der Waals surface area (Å²) in [6.45, 7) is 6.19. The van der Waals surface area contributed by atoms with Gasteiger partial charge in [0.1, 0.15) is 11.5 Å². The van der Waals surface area contributed by atoms with E-state index in [1.807, 2.05) is 6.20 Å². The standard InChI is InChI=1S/C20H24N2O4/c1-13(2)22-16(6-8-21-22)19-15-11-25-9-7-20(15,19)12-26-18-5-3-4-17(24)14(18)10-23/h3-6,8,10,13,15,19,24H,7,9,11-12H2,1-2H3/t15?,19?,20-/m0/s1. The molecule has 0 bridgehead atoms. The molecule has 26 heavy (non-hydrogen) atoms. The summed E-state index contributed by atoms with van der Waals surface area (Å²) in [6.07, 6.45) is 3.41. The SMILES string of the molecule is CC(C)n1nccc1C1C2COCC[C@]21COc1cccc(O)c1C=O. The van der Waals surface area contributed by atoms with E-state index in [1.165, 1.54) is 11.8 Å². The molecular formula is C20H24N2O4. The zero-order chi connectivity index (χ0) is 18.3. The molecule has 138 valence electrons. The van der Waals surface area contributed by atoms with Crippen LogP contribution in [-0.2, 0) is 4.74 Å². The lowest BCUT2D eigenvalue weighted by Gasteiger charge is -2.23. The number of hydrogen-bond acceptors (Lipinski definition) is 5. The molecule has 1 aromatic carbocycles. The van der Waals surface area contributed by atoms with Crippen molar-refractivity contribution in [2.75, 3.05) is 19.8 Å². The first kappa shape index (κ1) is 17.1. The molecule has 0 radical (unpaired) electrons. The van der Waals surface area contributed by atoms with Crippen molar-refractivity contribution in [3.8, 4) is 11.5 Å². The number of phenols is 1. The fourth-order valence-electron chi connectivity index (χ4n) is 4.41. The smallest absolute Gasteiger partial charge is 0.157 e. The van der Waals surface area contributed by atoms with Crippen LogP contribution in [0.1, 0.15) is 48.3 Å². The van der Waals surface area contributed by atoms with Crippen molar-refractivity contribution in [3.63, 3.8) is 0 Å². The van der Waals surface area contributed by atoms with Crippen LogP contribution in [0.3, 0.4) is 0 Å². The number of aromatic nitrogens is 2. The number of nitrogens with zero attached hydrogens (tertiary/aromatic N) is 2. The van der Waals surface area contributed by atoms with Gasteiger partial charge in [-0.2, -0.15) is 5.10 Å². The van der Waals surface area contributed by atoms with Gasteiger partial charge < -0.3 is 14.6 Å². The quantitative estimate of drug-likeness (QED) is 0.805. The average molecular weight is 356 g/mol. The molecule has 2 heterocycles. The summed E-state index contributed by atoms with van der Waals surface area (Å²) >= 11 is 0. The summed E-state index contributed by atoms with van der Waals surface area (Å²) in [5.41, 5.74) is 1.43. The lowest BCUT2D eigenvalue weighted by Crippen LogP contribution is -2.25. The Hall–Kier alpha value is -2.34. The van der Waals surface area contributed by atoms with Crippen LogP contribution in [0.15, 0.2) is 30.5 Å².